The van der Waals surface area contributed by atoms with E-state index < -0.39 is 23.7 Å². The third kappa shape index (κ3) is 5.84. The topological polar surface area (TPSA) is 87.7 Å². The van der Waals surface area contributed by atoms with Gasteiger partial charge in [0.25, 0.3) is 5.91 Å². The minimum absolute atomic E-state index is 0.0987. The highest BCUT2D eigenvalue weighted by Crippen LogP contribution is 2.33. The lowest BCUT2D eigenvalue weighted by Gasteiger charge is -2.34. The first-order valence-electron chi connectivity index (χ1n) is 9.79. The minimum atomic E-state index is -4.60. The largest absolute Gasteiger partial charge is 0.417 e. The average Bonchev–Trinajstić information content (AvgIpc) is 3.21. The lowest BCUT2D eigenvalue weighted by Crippen LogP contribution is -2.49. The van der Waals surface area contributed by atoms with Crippen LogP contribution in [-0.4, -0.2) is 59.8 Å². The van der Waals surface area contributed by atoms with E-state index in [0.717, 1.165) is 30.2 Å². The van der Waals surface area contributed by atoms with Crippen LogP contribution < -0.4 is 15.0 Å². The van der Waals surface area contributed by atoms with Crippen molar-refractivity contribution < 1.29 is 27.5 Å². The second-order valence-corrected chi connectivity index (χ2v) is 7.76. The number of hydrogen-bond acceptors (Lipinski definition) is 7. The van der Waals surface area contributed by atoms with Gasteiger partial charge >= 0.3 is 17.5 Å². The number of aromatic nitrogens is 2. The van der Waals surface area contributed by atoms with Crippen LogP contribution in [-0.2, 0) is 6.18 Å². The molecule has 1 aromatic heterocycles. The lowest BCUT2D eigenvalue weighted by molar-refractivity contribution is -0.138. The molecule has 2 heterocycles. The molecule has 1 saturated heterocycles. The van der Waals surface area contributed by atoms with Gasteiger partial charge in [-0.25, -0.2) is 4.79 Å². The third-order valence-corrected chi connectivity index (χ3v) is 5.54. The Morgan fingerprint density at radius 1 is 1.16 bits per heavy atom. The van der Waals surface area contributed by atoms with Crippen molar-refractivity contribution in [2.24, 2.45) is 0 Å². The monoisotopic (exact) mass is 457 g/mol. The van der Waals surface area contributed by atoms with Gasteiger partial charge in [0.15, 0.2) is 0 Å². The molecule has 1 aliphatic heterocycles. The predicted molar refractivity (Wildman–Crippen MR) is 108 cm³/mol. The molecule has 0 radical (unpaired) electrons. The first kappa shape index (κ1) is 22.8. The standard InChI is InChI=1S/C19H22F3N5O3S/c1-2-3-8-23-17(29)30-18-25-24-16(31-18)27-11-9-26(10-12-27)15(28)13-6-4-5-7-14(13)19(20,21)22/h4-7H,2-3,8-12H2,1H3,(H,23,29). The first-order chi connectivity index (χ1) is 14.8. The van der Waals surface area contributed by atoms with Gasteiger partial charge in [-0.15, -0.1) is 5.10 Å². The number of amides is 2. The number of benzene rings is 1. The molecule has 0 spiro atoms. The van der Waals surface area contributed by atoms with E-state index in [9.17, 15) is 22.8 Å². The Hall–Kier alpha value is -2.89. The van der Waals surface area contributed by atoms with Gasteiger partial charge in [0.2, 0.25) is 5.13 Å². The number of anilines is 1. The Balaban J connectivity index is 1.56. The molecule has 1 fully saturated rings. The highest BCUT2D eigenvalue weighted by atomic mass is 32.1. The molecular formula is C19H22F3N5O3S. The first-order valence-corrected chi connectivity index (χ1v) is 10.6. The van der Waals surface area contributed by atoms with Gasteiger partial charge < -0.3 is 19.9 Å². The van der Waals surface area contributed by atoms with Crippen LogP contribution in [0.4, 0.5) is 23.1 Å². The van der Waals surface area contributed by atoms with Gasteiger partial charge in [-0.2, -0.15) is 13.2 Å². The van der Waals surface area contributed by atoms with Crippen LogP contribution in [0.1, 0.15) is 35.7 Å². The van der Waals surface area contributed by atoms with Crippen LogP contribution >= 0.6 is 11.3 Å². The van der Waals surface area contributed by atoms with Crippen LogP contribution in [0.25, 0.3) is 0 Å². The lowest BCUT2D eigenvalue weighted by atomic mass is 10.1. The molecule has 0 aliphatic carbocycles. The molecule has 0 saturated carbocycles. The number of hydrogen-bond donors (Lipinski definition) is 1. The maximum Gasteiger partial charge on any atom is 0.417 e. The molecule has 1 N–H and O–H groups in total. The molecular weight excluding hydrogens is 435 g/mol. The summed E-state index contributed by atoms with van der Waals surface area (Å²) in [5, 5.41) is 11.1. The zero-order valence-electron chi connectivity index (χ0n) is 16.8. The summed E-state index contributed by atoms with van der Waals surface area (Å²) in [4.78, 5) is 27.6. The fraction of sp³-hybridized carbons (Fsp3) is 0.474. The van der Waals surface area contributed by atoms with E-state index in [1.54, 1.807) is 0 Å². The summed E-state index contributed by atoms with van der Waals surface area (Å²) in [6.07, 6.45) is -3.42. The number of carbonyl (C=O) groups is 2. The Morgan fingerprint density at radius 3 is 2.55 bits per heavy atom. The van der Waals surface area contributed by atoms with Crippen molar-refractivity contribution in [3.8, 4) is 5.19 Å². The van der Waals surface area contributed by atoms with Gasteiger partial charge in [0.05, 0.1) is 11.1 Å². The predicted octanol–water partition coefficient (Wildman–Crippen LogP) is 3.41. The molecule has 168 valence electrons. The van der Waals surface area contributed by atoms with Crippen molar-refractivity contribution in [1.29, 1.82) is 0 Å². The quantitative estimate of drug-likeness (QED) is 0.669. The van der Waals surface area contributed by atoms with Crippen molar-refractivity contribution in [2.45, 2.75) is 25.9 Å². The van der Waals surface area contributed by atoms with Crippen LogP contribution in [0, 0.1) is 0 Å². The zero-order valence-corrected chi connectivity index (χ0v) is 17.6. The number of halogens is 3. The summed E-state index contributed by atoms with van der Waals surface area (Å²) in [5.74, 6) is -0.655. The van der Waals surface area contributed by atoms with Crippen LogP contribution in [0.3, 0.4) is 0 Å². The van der Waals surface area contributed by atoms with Crippen molar-refractivity contribution >= 4 is 28.5 Å². The molecule has 2 amide bonds. The molecule has 0 unspecified atom stereocenters. The number of unbranched alkanes of at least 4 members (excludes halogenated alkanes) is 1. The maximum absolute atomic E-state index is 13.2. The van der Waals surface area contributed by atoms with E-state index in [0.29, 0.717) is 24.8 Å². The van der Waals surface area contributed by atoms with Gasteiger partial charge in [0.1, 0.15) is 0 Å². The van der Waals surface area contributed by atoms with Crippen molar-refractivity contribution in [3.63, 3.8) is 0 Å². The van der Waals surface area contributed by atoms with E-state index in [-0.39, 0.29) is 23.8 Å². The molecule has 0 bridgehead atoms. The summed E-state index contributed by atoms with van der Waals surface area (Å²) < 4.78 is 44.7. The smallest absolute Gasteiger partial charge is 0.380 e. The number of ether oxygens (including phenoxy) is 1. The molecule has 31 heavy (non-hydrogen) atoms. The number of piperazine rings is 1. The SMILES string of the molecule is CCCCNC(=O)Oc1nnc(N2CCN(C(=O)c3ccccc3C(F)(F)F)CC2)s1. The summed E-state index contributed by atoms with van der Waals surface area (Å²) in [6.45, 7) is 3.73. The molecule has 8 nitrogen and oxygen atoms in total. The molecule has 3 rings (SSSR count). The van der Waals surface area contributed by atoms with E-state index in [1.807, 2.05) is 11.8 Å². The molecule has 12 heteroatoms. The van der Waals surface area contributed by atoms with Crippen LogP contribution in [0.15, 0.2) is 24.3 Å². The number of rotatable bonds is 6. The Bertz CT molecular complexity index is 913. The van der Waals surface area contributed by atoms with E-state index >= 15 is 0 Å². The Kier molecular flexibility index (Phi) is 7.31. The van der Waals surface area contributed by atoms with Crippen molar-refractivity contribution in [2.75, 3.05) is 37.6 Å². The molecule has 1 aromatic carbocycles. The molecule has 0 atom stereocenters. The second kappa shape index (κ2) is 9.94. The van der Waals surface area contributed by atoms with E-state index in [1.165, 1.54) is 23.1 Å². The van der Waals surface area contributed by atoms with Crippen LogP contribution in [0.5, 0.6) is 5.19 Å². The normalized spacial score (nSPS) is 14.5. The Labute approximate surface area is 181 Å². The van der Waals surface area contributed by atoms with E-state index in [4.69, 9.17) is 4.74 Å². The molecule has 2 aromatic rings. The fourth-order valence-electron chi connectivity index (χ4n) is 3.04. The summed E-state index contributed by atoms with van der Waals surface area (Å²) >= 11 is 1.09. The van der Waals surface area contributed by atoms with Gasteiger partial charge in [-0.05, 0) is 29.9 Å². The number of carbonyl (C=O) groups excluding carboxylic acids is 2. The second-order valence-electron chi connectivity index (χ2n) is 6.84. The fourth-order valence-corrected chi connectivity index (χ4v) is 3.79. The third-order valence-electron chi connectivity index (χ3n) is 4.68. The molecule has 1 aliphatic rings. The highest BCUT2D eigenvalue weighted by Gasteiger charge is 2.36. The Morgan fingerprint density at radius 2 is 1.87 bits per heavy atom. The summed E-state index contributed by atoms with van der Waals surface area (Å²) in [6, 6.07) is 4.78. The van der Waals surface area contributed by atoms with Crippen molar-refractivity contribution in [1.82, 2.24) is 20.4 Å². The van der Waals surface area contributed by atoms with Gasteiger partial charge in [-0.3, -0.25) is 4.79 Å². The number of nitrogens with zero attached hydrogens (tertiary/aromatic N) is 4. The van der Waals surface area contributed by atoms with Gasteiger partial charge in [0, 0.05) is 32.7 Å². The maximum atomic E-state index is 13.2. The van der Waals surface area contributed by atoms with Crippen LogP contribution in [0.2, 0.25) is 0 Å². The summed E-state index contributed by atoms with van der Waals surface area (Å²) in [7, 11) is 0. The number of nitrogens with one attached hydrogen (secondary N) is 1. The zero-order chi connectivity index (χ0) is 22.4. The van der Waals surface area contributed by atoms with Crippen molar-refractivity contribution in [3.05, 3.63) is 35.4 Å². The summed E-state index contributed by atoms with van der Waals surface area (Å²) in [5.41, 5.74) is -1.30. The average molecular weight is 457 g/mol. The van der Waals surface area contributed by atoms with E-state index in [2.05, 4.69) is 15.5 Å². The number of alkyl halides is 3. The van der Waals surface area contributed by atoms with Gasteiger partial charge in [-0.1, -0.05) is 30.6 Å². The minimum Gasteiger partial charge on any atom is -0.380 e. The highest BCUT2D eigenvalue weighted by molar-refractivity contribution is 7.17.